The van der Waals surface area contributed by atoms with Crippen LogP contribution in [0.15, 0.2) is 30.9 Å². The highest BCUT2D eigenvalue weighted by Gasteiger charge is 2.06. The molecule has 0 aliphatic heterocycles. The van der Waals surface area contributed by atoms with E-state index in [1.54, 1.807) is 19.3 Å². The molecule has 0 amide bonds. The van der Waals surface area contributed by atoms with Gasteiger partial charge in [-0.25, -0.2) is 0 Å². The Bertz CT molecular complexity index is 312. The minimum atomic E-state index is -0.224. The number of methoxy groups -OCH3 is 1. The second kappa shape index (κ2) is 4.30. The molecule has 0 saturated carbocycles. The van der Waals surface area contributed by atoms with Crippen LogP contribution in [0.1, 0.15) is 11.6 Å². The summed E-state index contributed by atoms with van der Waals surface area (Å²) in [6.07, 6.45) is 1.65. The SMILES string of the molecule is C=C[C@@H](N)c1ccc(OC)cc1Cl. The topological polar surface area (TPSA) is 35.2 Å². The number of nitrogens with two attached hydrogens (primary N) is 1. The molecule has 0 unspecified atom stereocenters. The third-order valence-electron chi connectivity index (χ3n) is 1.82. The summed E-state index contributed by atoms with van der Waals surface area (Å²) in [6.45, 7) is 3.61. The van der Waals surface area contributed by atoms with Crippen molar-refractivity contribution in [3.8, 4) is 5.75 Å². The normalized spacial score (nSPS) is 12.2. The summed E-state index contributed by atoms with van der Waals surface area (Å²) in [7, 11) is 1.60. The highest BCUT2D eigenvalue weighted by molar-refractivity contribution is 6.31. The molecule has 0 aliphatic carbocycles. The lowest BCUT2D eigenvalue weighted by Gasteiger charge is -2.09. The lowest BCUT2D eigenvalue weighted by atomic mass is 10.1. The summed E-state index contributed by atoms with van der Waals surface area (Å²) in [4.78, 5) is 0. The first-order chi connectivity index (χ1) is 6.19. The smallest absolute Gasteiger partial charge is 0.120 e. The van der Waals surface area contributed by atoms with E-state index in [9.17, 15) is 0 Å². The van der Waals surface area contributed by atoms with Gasteiger partial charge in [-0.1, -0.05) is 23.7 Å². The molecule has 0 heterocycles. The highest BCUT2D eigenvalue weighted by atomic mass is 35.5. The van der Waals surface area contributed by atoms with E-state index in [-0.39, 0.29) is 6.04 Å². The van der Waals surface area contributed by atoms with Gasteiger partial charge in [0.25, 0.3) is 0 Å². The van der Waals surface area contributed by atoms with Crippen LogP contribution in [0.5, 0.6) is 5.75 Å². The van der Waals surface area contributed by atoms with Crippen molar-refractivity contribution >= 4 is 11.6 Å². The summed E-state index contributed by atoms with van der Waals surface area (Å²) >= 11 is 5.97. The van der Waals surface area contributed by atoms with Crippen LogP contribution >= 0.6 is 11.6 Å². The summed E-state index contributed by atoms with van der Waals surface area (Å²) < 4.78 is 5.01. The van der Waals surface area contributed by atoms with Gasteiger partial charge in [-0.3, -0.25) is 0 Å². The van der Waals surface area contributed by atoms with E-state index in [4.69, 9.17) is 22.1 Å². The molecule has 2 nitrogen and oxygen atoms in total. The molecule has 0 fully saturated rings. The second-order valence-corrected chi connectivity index (χ2v) is 3.06. The summed E-state index contributed by atoms with van der Waals surface area (Å²) in [6, 6.07) is 5.18. The molecule has 13 heavy (non-hydrogen) atoms. The molecule has 0 bridgehead atoms. The maximum Gasteiger partial charge on any atom is 0.120 e. The van der Waals surface area contributed by atoms with Gasteiger partial charge in [0, 0.05) is 11.1 Å². The zero-order valence-electron chi connectivity index (χ0n) is 7.46. The van der Waals surface area contributed by atoms with Crippen LogP contribution in [0, 0.1) is 0 Å². The summed E-state index contributed by atoms with van der Waals surface area (Å²) in [5, 5.41) is 0.603. The Balaban J connectivity index is 3.04. The molecule has 2 N–H and O–H groups in total. The predicted octanol–water partition coefficient (Wildman–Crippen LogP) is 2.53. The fraction of sp³-hybridized carbons (Fsp3) is 0.200. The summed E-state index contributed by atoms with van der Waals surface area (Å²) in [5.74, 6) is 0.727. The van der Waals surface area contributed by atoms with Crippen molar-refractivity contribution in [3.63, 3.8) is 0 Å². The summed E-state index contributed by atoms with van der Waals surface area (Å²) in [5.41, 5.74) is 6.60. The van der Waals surface area contributed by atoms with Gasteiger partial charge in [-0.05, 0) is 17.7 Å². The zero-order valence-corrected chi connectivity index (χ0v) is 8.21. The minimum Gasteiger partial charge on any atom is -0.497 e. The van der Waals surface area contributed by atoms with Crippen molar-refractivity contribution in [1.29, 1.82) is 0 Å². The number of ether oxygens (including phenoxy) is 1. The largest absolute Gasteiger partial charge is 0.497 e. The van der Waals surface area contributed by atoms with Crippen LogP contribution in [0.25, 0.3) is 0 Å². The van der Waals surface area contributed by atoms with Gasteiger partial charge in [0.05, 0.1) is 7.11 Å². The first-order valence-electron chi connectivity index (χ1n) is 3.90. The maximum absolute atomic E-state index is 5.97. The second-order valence-electron chi connectivity index (χ2n) is 2.65. The first-order valence-corrected chi connectivity index (χ1v) is 4.28. The van der Waals surface area contributed by atoms with Crippen molar-refractivity contribution < 1.29 is 4.74 Å². The quantitative estimate of drug-likeness (QED) is 0.756. The number of hydrogen-bond acceptors (Lipinski definition) is 2. The number of rotatable bonds is 3. The van der Waals surface area contributed by atoms with Crippen LogP contribution in [0.4, 0.5) is 0 Å². The minimum absolute atomic E-state index is 0.224. The van der Waals surface area contributed by atoms with Crippen LogP contribution in [-0.2, 0) is 0 Å². The zero-order chi connectivity index (χ0) is 9.84. The highest BCUT2D eigenvalue weighted by Crippen LogP contribution is 2.26. The molecule has 1 aromatic carbocycles. The molecular weight excluding hydrogens is 186 g/mol. The Hall–Kier alpha value is -0.990. The van der Waals surface area contributed by atoms with Gasteiger partial charge >= 0.3 is 0 Å². The van der Waals surface area contributed by atoms with Gasteiger partial charge in [0.15, 0.2) is 0 Å². The molecule has 0 aliphatic rings. The molecule has 1 rings (SSSR count). The monoisotopic (exact) mass is 197 g/mol. The molecule has 0 saturated heterocycles. The molecule has 1 atom stereocenters. The average molecular weight is 198 g/mol. The van der Waals surface area contributed by atoms with Gasteiger partial charge in [-0.15, -0.1) is 6.58 Å². The van der Waals surface area contributed by atoms with Crippen LogP contribution < -0.4 is 10.5 Å². The van der Waals surface area contributed by atoms with Crippen molar-refractivity contribution in [1.82, 2.24) is 0 Å². The predicted molar refractivity (Wildman–Crippen MR) is 55.1 cm³/mol. The third-order valence-corrected chi connectivity index (χ3v) is 2.15. The number of hydrogen-bond donors (Lipinski definition) is 1. The molecule has 70 valence electrons. The van der Waals surface area contributed by atoms with E-state index < -0.39 is 0 Å². The van der Waals surface area contributed by atoms with Crippen LogP contribution in [-0.4, -0.2) is 7.11 Å². The average Bonchev–Trinajstić information content (AvgIpc) is 2.16. The van der Waals surface area contributed by atoms with E-state index in [0.717, 1.165) is 11.3 Å². The van der Waals surface area contributed by atoms with Crippen LogP contribution in [0.3, 0.4) is 0 Å². The molecule has 1 aromatic rings. The molecule has 0 spiro atoms. The van der Waals surface area contributed by atoms with Gasteiger partial charge < -0.3 is 10.5 Å². The Morgan fingerprint density at radius 2 is 2.31 bits per heavy atom. The van der Waals surface area contributed by atoms with Crippen LogP contribution in [0.2, 0.25) is 5.02 Å². The van der Waals surface area contributed by atoms with Crippen molar-refractivity contribution in [3.05, 3.63) is 41.4 Å². The fourth-order valence-electron chi connectivity index (χ4n) is 1.03. The van der Waals surface area contributed by atoms with Gasteiger partial charge in [-0.2, -0.15) is 0 Å². The van der Waals surface area contributed by atoms with Gasteiger partial charge in [0.1, 0.15) is 5.75 Å². The molecule has 0 aromatic heterocycles. The Morgan fingerprint density at radius 1 is 1.62 bits per heavy atom. The molecule has 3 heteroatoms. The molecule has 0 radical (unpaired) electrons. The van der Waals surface area contributed by atoms with E-state index in [2.05, 4.69) is 6.58 Å². The number of halogens is 1. The van der Waals surface area contributed by atoms with Crippen molar-refractivity contribution in [2.75, 3.05) is 7.11 Å². The van der Waals surface area contributed by atoms with E-state index in [0.29, 0.717) is 5.02 Å². The lowest BCUT2D eigenvalue weighted by Crippen LogP contribution is -2.06. The Labute approximate surface area is 83.0 Å². The fourth-order valence-corrected chi connectivity index (χ4v) is 1.33. The molecular formula is C10H12ClNO. The Kier molecular flexibility index (Phi) is 3.34. The van der Waals surface area contributed by atoms with Crippen molar-refractivity contribution in [2.45, 2.75) is 6.04 Å². The lowest BCUT2D eigenvalue weighted by molar-refractivity contribution is 0.414. The third kappa shape index (κ3) is 2.23. The number of benzene rings is 1. The van der Waals surface area contributed by atoms with E-state index in [1.807, 2.05) is 12.1 Å². The standard InChI is InChI=1S/C10H12ClNO/c1-3-10(12)8-5-4-7(13-2)6-9(8)11/h3-6,10H,1,12H2,2H3/t10-/m1/s1. The van der Waals surface area contributed by atoms with Crippen molar-refractivity contribution in [2.24, 2.45) is 5.73 Å². The van der Waals surface area contributed by atoms with E-state index >= 15 is 0 Å². The first kappa shape index (κ1) is 10.1. The van der Waals surface area contributed by atoms with Gasteiger partial charge in [0.2, 0.25) is 0 Å². The van der Waals surface area contributed by atoms with E-state index in [1.165, 1.54) is 0 Å². The Morgan fingerprint density at radius 3 is 2.77 bits per heavy atom. The maximum atomic E-state index is 5.97.